The van der Waals surface area contributed by atoms with Gasteiger partial charge in [-0.05, 0) is 24.6 Å². The van der Waals surface area contributed by atoms with Crippen LogP contribution in [0.4, 0.5) is 0 Å². The van der Waals surface area contributed by atoms with Crippen LogP contribution in [-0.2, 0) is 6.54 Å². The summed E-state index contributed by atoms with van der Waals surface area (Å²) in [5, 5.41) is 0. The lowest BCUT2D eigenvalue weighted by Crippen LogP contribution is -2.48. The molecule has 0 spiro atoms. The maximum absolute atomic E-state index is 12.5. The van der Waals surface area contributed by atoms with Gasteiger partial charge < -0.3 is 9.88 Å². The molecule has 2 aromatic heterocycles. The number of carbonyl (C=O) groups excluding carboxylic acids is 2. The highest BCUT2D eigenvalue weighted by Gasteiger charge is 2.23. The van der Waals surface area contributed by atoms with Crippen molar-refractivity contribution < 1.29 is 9.59 Å². The van der Waals surface area contributed by atoms with E-state index in [0.29, 0.717) is 24.3 Å². The average molecular weight is 312 g/mol. The molecule has 23 heavy (non-hydrogen) atoms. The van der Waals surface area contributed by atoms with Gasteiger partial charge in [0.25, 0.3) is 5.91 Å². The lowest BCUT2D eigenvalue weighted by molar-refractivity contribution is 0.0623. The van der Waals surface area contributed by atoms with Crippen molar-refractivity contribution in [3.05, 3.63) is 53.6 Å². The molecule has 0 radical (unpaired) electrons. The highest BCUT2D eigenvalue weighted by Crippen LogP contribution is 2.12. The van der Waals surface area contributed by atoms with Gasteiger partial charge in [0.1, 0.15) is 5.69 Å². The first kappa shape index (κ1) is 15.4. The molecule has 1 aliphatic heterocycles. The number of pyridine rings is 1. The number of ketones is 1. The van der Waals surface area contributed by atoms with Crippen LogP contribution in [0.25, 0.3) is 0 Å². The highest BCUT2D eigenvalue weighted by molar-refractivity contribution is 5.99. The Morgan fingerprint density at radius 2 is 2.04 bits per heavy atom. The van der Waals surface area contributed by atoms with E-state index in [1.807, 2.05) is 17.2 Å². The van der Waals surface area contributed by atoms with E-state index in [1.54, 1.807) is 18.5 Å². The van der Waals surface area contributed by atoms with Crippen molar-refractivity contribution in [3.63, 3.8) is 0 Å². The number of H-pyrrole nitrogens is 1. The molecular formula is C17H20N4O2. The maximum atomic E-state index is 12.5. The van der Waals surface area contributed by atoms with Crippen molar-refractivity contribution >= 4 is 11.7 Å². The van der Waals surface area contributed by atoms with E-state index in [1.165, 1.54) is 12.5 Å². The molecule has 1 fully saturated rings. The van der Waals surface area contributed by atoms with Gasteiger partial charge in [-0.15, -0.1) is 0 Å². The molecule has 0 unspecified atom stereocenters. The monoisotopic (exact) mass is 312 g/mol. The molecule has 0 saturated carbocycles. The lowest BCUT2D eigenvalue weighted by Gasteiger charge is -2.34. The van der Waals surface area contributed by atoms with Crippen LogP contribution in [-0.4, -0.2) is 57.6 Å². The van der Waals surface area contributed by atoms with Crippen molar-refractivity contribution in [1.82, 2.24) is 19.8 Å². The number of nitrogens with one attached hydrogen (secondary N) is 1. The third kappa shape index (κ3) is 3.65. The van der Waals surface area contributed by atoms with Crippen LogP contribution < -0.4 is 0 Å². The molecule has 2 aromatic rings. The number of rotatable bonds is 4. The summed E-state index contributed by atoms with van der Waals surface area (Å²) < 4.78 is 0. The van der Waals surface area contributed by atoms with Crippen molar-refractivity contribution in [2.75, 3.05) is 26.2 Å². The molecular weight excluding hydrogens is 292 g/mol. The molecule has 0 bridgehead atoms. The Balaban J connectivity index is 1.55. The van der Waals surface area contributed by atoms with Gasteiger partial charge in [-0.2, -0.15) is 0 Å². The summed E-state index contributed by atoms with van der Waals surface area (Å²) in [6.45, 7) is 5.39. The number of aromatic nitrogens is 2. The number of nitrogens with zero attached hydrogens (tertiary/aromatic N) is 3. The van der Waals surface area contributed by atoms with Crippen molar-refractivity contribution in [2.24, 2.45) is 0 Å². The van der Waals surface area contributed by atoms with E-state index < -0.39 is 0 Å². The zero-order valence-electron chi connectivity index (χ0n) is 13.2. The van der Waals surface area contributed by atoms with Crippen LogP contribution in [0.5, 0.6) is 0 Å². The summed E-state index contributed by atoms with van der Waals surface area (Å²) in [6, 6.07) is 5.63. The van der Waals surface area contributed by atoms with Crippen LogP contribution in [0.15, 0.2) is 36.8 Å². The van der Waals surface area contributed by atoms with E-state index in [-0.39, 0.29) is 11.7 Å². The SMILES string of the molecule is CC(=O)c1c[nH]c(C(=O)N2CCN(Cc3cccnc3)CC2)c1. The van der Waals surface area contributed by atoms with E-state index in [9.17, 15) is 9.59 Å². The van der Waals surface area contributed by atoms with E-state index in [2.05, 4.69) is 20.9 Å². The zero-order valence-corrected chi connectivity index (χ0v) is 13.2. The fraction of sp³-hybridized carbons (Fsp3) is 0.353. The van der Waals surface area contributed by atoms with Crippen LogP contribution in [0.1, 0.15) is 33.3 Å². The first-order valence-electron chi connectivity index (χ1n) is 7.73. The van der Waals surface area contributed by atoms with Crippen molar-refractivity contribution in [1.29, 1.82) is 0 Å². The Kier molecular flexibility index (Phi) is 4.52. The summed E-state index contributed by atoms with van der Waals surface area (Å²) in [5.41, 5.74) is 2.21. The molecule has 1 amide bonds. The number of hydrogen-bond donors (Lipinski definition) is 1. The van der Waals surface area contributed by atoms with Gasteiger partial charge in [-0.3, -0.25) is 19.5 Å². The highest BCUT2D eigenvalue weighted by atomic mass is 16.2. The number of hydrogen-bond acceptors (Lipinski definition) is 4. The first-order valence-corrected chi connectivity index (χ1v) is 7.73. The van der Waals surface area contributed by atoms with Gasteiger partial charge in [-0.25, -0.2) is 0 Å². The molecule has 6 heteroatoms. The molecule has 1 N–H and O–H groups in total. The second-order valence-electron chi connectivity index (χ2n) is 5.79. The third-order valence-electron chi connectivity index (χ3n) is 4.11. The molecule has 120 valence electrons. The minimum absolute atomic E-state index is 0.0402. The Morgan fingerprint density at radius 3 is 2.65 bits per heavy atom. The Morgan fingerprint density at radius 1 is 1.26 bits per heavy atom. The van der Waals surface area contributed by atoms with E-state index >= 15 is 0 Å². The van der Waals surface area contributed by atoms with Crippen LogP contribution in [0, 0.1) is 0 Å². The van der Waals surface area contributed by atoms with Gasteiger partial charge in [0, 0.05) is 56.9 Å². The number of piperazine rings is 1. The summed E-state index contributed by atoms with van der Waals surface area (Å²) in [5.74, 6) is -0.0832. The van der Waals surface area contributed by atoms with Gasteiger partial charge in [-0.1, -0.05) is 6.07 Å². The van der Waals surface area contributed by atoms with Crippen LogP contribution >= 0.6 is 0 Å². The second kappa shape index (κ2) is 6.75. The number of Topliss-reactive ketones (excluding diaryl/α,β-unsaturated/α-hetero) is 1. The Hall–Kier alpha value is -2.47. The summed E-state index contributed by atoms with van der Waals surface area (Å²) >= 11 is 0. The average Bonchev–Trinajstić information content (AvgIpc) is 3.06. The third-order valence-corrected chi connectivity index (χ3v) is 4.11. The fourth-order valence-electron chi connectivity index (χ4n) is 2.75. The number of carbonyl (C=O) groups is 2. The molecule has 1 aliphatic rings. The van der Waals surface area contributed by atoms with E-state index in [0.717, 1.165) is 19.6 Å². The Labute approximate surface area is 135 Å². The molecule has 1 saturated heterocycles. The normalized spacial score (nSPS) is 15.6. The molecule has 0 atom stereocenters. The molecule has 0 aromatic carbocycles. The van der Waals surface area contributed by atoms with Crippen LogP contribution in [0.2, 0.25) is 0 Å². The molecule has 3 rings (SSSR count). The number of amides is 1. The fourth-order valence-corrected chi connectivity index (χ4v) is 2.75. The zero-order chi connectivity index (χ0) is 16.2. The smallest absolute Gasteiger partial charge is 0.270 e. The summed E-state index contributed by atoms with van der Waals surface area (Å²) in [7, 11) is 0. The van der Waals surface area contributed by atoms with Crippen LogP contribution in [0.3, 0.4) is 0 Å². The molecule has 0 aliphatic carbocycles. The topological polar surface area (TPSA) is 69.3 Å². The van der Waals surface area contributed by atoms with Crippen molar-refractivity contribution in [2.45, 2.75) is 13.5 Å². The predicted molar refractivity (Wildman–Crippen MR) is 86.2 cm³/mol. The standard InChI is InChI=1S/C17H20N4O2/c1-13(22)15-9-16(19-11-15)17(23)21-7-5-20(6-8-21)12-14-3-2-4-18-10-14/h2-4,9-11,19H,5-8,12H2,1H3. The molecule has 3 heterocycles. The maximum Gasteiger partial charge on any atom is 0.270 e. The predicted octanol–water partition coefficient (Wildman–Crippen LogP) is 1.57. The minimum Gasteiger partial charge on any atom is -0.356 e. The summed E-state index contributed by atoms with van der Waals surface area (Å²) in [6.07, 6.45) is 5.24. The largest absolute Gasteiger partial charge is 0.356 e. The van der Waals surface area contributed by atoms with Gasteiger partial charge >= 0.3 is 0 Å². The Bertz CT molecular complexity index is 688. The number of aromatic amines is 1. The first-order chi connectivity index (χ1) is 11.1. The summed E-state index contributed by atoms with van der Waals surface area (Å²) in [4.78, 5) is 34.9. The van der Waals surface area contributed by atoms with Gasteiger partial charge in [0.2, 0.25) is 0 Å². The quantitative estimate of drug-likeness (QED) is 0.870. The molecule has 6 nitrogen and oxygen atoms in total. The van der Waals surface area contributed by atoms with Gasteiger partial charge in [0.05, 0.1) is 0 Å². The minimum atomic E-state index is -0.0430. The van der Waals surface area contributed by atoms with Gasteiger partial charge in [0.15, 0.2) is 5.78 Å². The lowest BCUT2D eigenvalue weighted by atomic mass is 10.2. The van der Waals surface area contributed by atoms with Crippen molar-refractivity contribution in [3.8, 4) is 0 Å². The van der Waals surface area contributed by atoms with E-state index in [4.69, 9.17) is 0 Å². The second-order valence-corrected chi connectivity index (χ2v) is 5.79.